The molecule has 0 bridgehead atoms. The maximum Gasteiger partial charge on any atom is 0.104 e. The van der Waals surface area contributed by atoms with Crippen LogP contribution in [0.1, 0.15) is 29.5 Å². The average Bonchev–Trinajstić information content (AvgIpc) is 3.85. The van der Waals surface area contributed by atoms with E-state index in [-0.39, 0.29) is 0 Å². The van der Waals surface area contributed by atoms with Crippen molar-refractivity contribution in [3.05, 3.63) is 211 Å². The molecule has 11 rings (SSSR count). The molecule has 6 nitrogen and oxygen atoms in total. The van der Waals surface area contributed by atoms with Crippen molar-refractivity contribution in [2.45, 2.75) is 12.8 Å². The summed E-state index contributed by atoms with van der Waals surface area (Å²) in [6, 6.07) is 65.3. The van der Waals surface area contributed by atoms with Crippen LogP contribution in [0.4, 0.5) is 22.7 Å². The van der Waals surface area contributed by atoms with Crippen molar-refractivity contribution in [3.8, 4) is 34.6 Å². The Kier molecular flexibility index (Phi) is 8.96. The normalized spacial score (nSPS) is 12.4. The van der Waals surface area contributed by atoms with Gasteiger partial charge in [-0.2, -0.15) is 10.5 Å². The molecule has 0 saturated heterocycles. The van der Waals surface area contributed by atoms with E-state index in [0.29, 0.717) is 33.9 Å². The van der Waals surface area contributed by atoms with E-state index in [1.54, 1.807) is 0 Å². The predicted octanol–water partition coefficient (Wildman–Crippen LogP) is 14.5. The first kappa shape index (κ1) is 36.5. The summed E-state index contributed by atoms with van der Waals surface area (Å²) in [5.41, 5.74) is 12.5. The number of nitrogens with zero attached hydrogens (tertiary/aromatic N) is 4. The average molecular weight is 795 g/mol. The van der Waals surface area contributed by atoms with Crippen molar-refractivity contribution in [1.82, 2.24) is 9.13 Å². The van der Waals surface area contributed by atoms with Gasteiger partial charge in [0.1, 0.15) is 23.3 Å². The Morgan fingerprint density at radius 1 is 0.419 bits per heavy atom. The minimum atomic E-state index is 0.338. The highest BCUT2D eigenvalue weighted by atomic mass is 15.1. The highest BCUT2D eigenvalue weighted by Gasteiger charge is 2.31. The molecule has 0 atom stereocenters. The number of nitrogens with one attached hydrogen (secondary N) is 2. The summed E-state index contributed by atoms with van der Waals surface area (Å²) in [6.45, 7) is 0. The van der Waals surface area contributed by atoms with Gasteiger partial charge in [-0.15, -0.1) is 0 Å². The number of fused-ring (bicyclic) bond motifs is 6. The number of hydrogen-bond donors (Lipinski definition) is 2. The zero-order chi connectivity index (χ0) is 41.6. The Labute approximate surface area is 359 Å². The molecule has 10 aromatic rings. The third kappa shape index (κ3) is 5.85. The first-order chi connectivity index (χ1) is 30.7. The van der Waals surface area contributed by atoms with Crippen LogP contribution in [0, 0.1) is 22.7 Å². The molecule has 0 aliphatic heterocycles. The van der Waals surface area contributed by atoms with Crippen LogP contribution in [-0.4, -0.2) is 9.13 Å². The van der Waals surface area contributed by atoms with E-state index in [0.717, 1.165) is 90.1 Å². The molecule has 0 spiro atoms. The fourth-order valence-electron chi connectivity index (χ4n) is 9.35. The van der Waals surface area contributed by atoms with Crippen LogP contribution < -0.4 is 10.6 Å². The molecule has 6 heteroatoms. The van der Waals surface area contributed by atoms with Gasteiger partial charge in [-0.25, -0.2) is 0 Å². The fraction of sp³-hybridized carbons (Fsp3) is 0.0357. The molecule has 1 aliphatic carbocycles. The lowest BCUT2D eigenvalue weighted by Gasteiger charge is -2.27. The fourth-order valence-corrected chi connectivity index (χ4v) is 9.35. The Bertz CT molecular complexity index is 3450. The van der Waals surface area contributed by atoms with Crippen LogP contribution >= 0.6 is 0 Å². The number of hydrogen-bond acceptors (Lipinski definition) is 4. The molecule has 0 saturated carbocycles. The van der Waals surface area contributed by atoms with Crippen molar-refractivity contribution >= 4 is 71.9 Å². The second kappa shape index (κ2) is 15.2. The molecular formula is C56H38N6. The lowest BCUT2D eigenvalue weighted by atomic mass is 9.96. The first-order valence-corrected chi connectivity index (χ1v) is 20.9. The van der Waals surface area contributed by atoms with Crippen molar-refractivity contribution in [3.63, 3.8) is 0 Å². The van der Waals surface area contributed by atoms with E-state index in [9.17, 15) is 10.5 Å². The molecule has 0 fully saturated rings. The second-order valence-electron chi connectivity index (χ2n) is 15.5. The molecule has 0 amide bonds. The summed E-state index contributed by atoms with van der Waals surface area (Å²) in [4.78, 5) is 0. The number of para-hydroxylation sites is 6. The molecule has 2 heterocycles. The second-order valence-corrected chi connectivity index (χ2v) is 15.5. The van der Waals surface area contributed by atoms with Gasteiger partial charge in [0.05, 0.1) is 44.8 Å². The van der Waals surface area contributed by atoms with Gasteiger partial charge >= 0.3 is 0 Å². The lowest BCUT2D eigenvalue weighted by molar-refractivity contribution is 1.04. The molecule has 62 heavy (non-hydrogen) atoms. The van der Waals surface area contributed by atoms with Crippen molar-refractivity contribution in [1.29, 1.82) is 10.5 Å². The maximum absolute atomic E-state index is 11.8. The molecule has 0 unspecified atom stereocenters. The summed E-state index contributed by atoms with van der Waals surface area (Å²) in [5.74, 6) is 0. The Morgan fingerprint density at radius 3 is 1.32 bits per heavy atom. The predicted molar refractivity (Wildman–Crippen MR) is 256 cm³/mol. The van der Waals surface area contributed by atoms with Gasteiger partial charge in [0.2, 0.25) is 0 Å². The highest BCUT2D eigenvalue weighted by Crippen LogP contribution is 2.49. The van der Waals surface area contributed by atoms with Crippen LogP contribution in [-0.2, 0) is 0 Å². The molecule has 1 aliphatic rings. The molecular weight excluding hydrogens is 757 g/mol. The van der Waals surface area contributed by atoms with Crippen LogP contribution in [0.5, 0.6) is 0 Å². The lowest BCUT2D eigenvalue weighted by Crippen LogP contribution is -2.14. The first-order valence-electron chi connectivity index (χ1n) is 20.9. The highest BCUT2D eigenvalue weighted by molar-refractivity contribution is 6.13. The minimum Gasteiger partial charge on any atom is -0.352 e. The number of anilines is 4. The molecule has 2 N–H and O–H groups in total. The van der Waals surface area contributed by atoms with Gasteiger partial charge in [0.15, 0.2) is 0 Å². The smallest absolute Gasteiger partial charge is 0.104 e. The minimum absolute atomic E-state index is 0.338. The summed E-state index contributed by atoms with van der Waals surface area (Å²) in [5, 5.41) is 35.6. The van der Waals surface area contributed by atoms with Gasteiger partial charge < -0.3 is 19.8 Å². The molecule has 0 radical (unpaired) electrons. The monoisotopic (exact) mass is 794 g/mol. The van der Waals surface area contributed by atoms with Crippen molar-refractivity contribution in [2.75, 3.05) is 10.6 Å². The van der Waals surface area contributed by atoms with Gasteiger partial charge in [-0.3, -0.25) is 0 Å². The molecule has 292 valence electrons. The summed E-state index contributed by atoms with van der Waals surface area (Å²) < 4.78 is 4.33. The third-order valence-electron chi connectivity index (χ3n) is 12.0. The van der Waals surface area contributed by atoms with Crippen LogP contribution in [0.25, 0.3) is 71.7 Å². The largest absolute Gasteiger partial charge is 0.352 e. The van der Waals surface area contributed by atoms with Crippen LogP contribution in [0.2, 0.25) is 0 Å². The van der Waals surface area contributed by atoms with E-state index in [1.807, 2.05) is 72.8 Å². The number of rotatable bonds is 8. The van der Waals surface area contributed by atoms with E-state index < -0.39 is 0 Å². The van der Waals surface area contributed by atoms with Gasteiger partial charge in [0, 0.05) is 44.0 Å². The Hall–Kier alpha value is -8.58. The van der Waals surface area contributed by atoms with E-state index >= 15 is 0 Å². The third-order valence-corrected chi connectivity index (χ3v) is 12.0. The quantitative estimate of drug-likeness (QED) is 0.160. The SMILES string of the molecule is N#Cc1c(Nc2ccccc2C2=CCCC=C2)c(-n2c3ccccc3c3ccccc32)c(Nc2ccccc2-c2ccccc2)c(C#N)c1-n1c2ccccc2c2ccccc21. The van der Waals surface area contributed by atoms with Crippen molar-refractivity contribution in [2.24, 2.45) is 0 Å². The Balaban J connectivity index is 1.34. The van der Waals surface area contributed by atoms with E-state index in [2.05, 4.69) is 153 Å². The number of aromatic nitrogens is 2. The van der Waals surface area contributed by atoms with Crippen molar-refractivity contribution < 1.29 is 0 Å². The van der Waals surface area contributed by atoms with Crippen LogP contribution in [0.3, 0.4) is 0 Å². The van der Waals surface area contributed by atoms with Gasteiger partial charge in [-0.1, -0.05) is 158 Å². The summed E-state index contributed by atoms with van der Waals surface area (Å²) in [7, 11) is 0. The van der Waals surface area contributed by atoms with Gasteiger partial charge in [0.25, 0.3) is 0 Å². The summed E-state index contributed by atoms with van der Waals surface area (Å²) >= 11 is 0. The zero-order valence-corrected chi connectivity index (χ0v) is 33.7. The number of allylic oxidation sites excluding steroid dienone is 4. The van der Waals surface area contributed by atoms with Gasteiger partial charge in [-0.05, 0) is 60.4 Å². The zero-order valence-electron chi connectivity index (χ0n) is 33.7. The van der Waals surface area contributed by atoms with Crippen LogP contribution in [0.15, 0.2) is 194 Å². The number of nitriles is 2. The summed E-state index contributed by atoms with van der Waals surface area (Å²) in [6.07, 6.45) is 8.60. The van der Waals surface area contributed by atoms with E-state index in [1.165, 1.54) is 0 Å². The topological polar surface area (TPSA) is 81.5 Å². The standard InChI is InChI=1S/C56H38N6/c57-35-45-53(59-47-29-13-7-23-39(47)37-19-3-1-4-20-37)56(62-51-33-17-11-27-43(51)44-28-12-18-34-52(44)62)54(60-48-30-14-8-24-40(48)38-21-5-2-6-22-38)46(36-58)55(45)61-49-31-15-9-25-41(49)42-26-10-16-32-50(42)61/h1,3-5,7-34,59-60H,2,6H2. The van der Waals surface area contributed by atoms with E-state index in [4.69, 9.17) is 0 Å². The Morgan fingerprint density at radius 2 is 0.839 bits per heavy atom. The molecule has 2 aromatic heterocycles. The molecule has 8 aromatic carbocycles. The maximum atomic E-state index is 11.8. The number of benzene rings is 8.